The lowest BCUT2D eigenvalue weighted by atomic mass is 10.1. The Hall–Kier alpha value is -1.83. The van der Waals surface area contributed by atoms with E-state index in [4.69, 9.17) is 11.6 Å². The zero-order valence-corrected chi connectivity index (χ0v) is 14.8. The van der Waals surface area contributed by atoms with E-state index in [1.165, 1.54) is 17.4 Å². The molecular weight excluding hydrogens is 369 g/mol. The Labute approximate surface area is 151 Å². The van der Waals surface area contributed by atoms with E-state index in [1.54, 1.807) is 12.1 Å². The summed E-state index contributed by atoms with van der Waals surface area (Å²) in [6, 6.07) is 12.0. The molecule has 0 fully saturated rings. The highest BCUT2D eigenvalue weighted by Crippen LogP contribution is 2.27. The molecule has 2 N–H and O–H groups in total. The van der Waals surface area contributed by atoms with Crippen molar-refractivity contribution in [2.75, 3.05) is 6.54 Å². The first kappa shape index (κ1) is 17.0. The summed E-state index contributed by atoms with van der Waals surface area (Å²) in [4.78, 5) is 16.2. The molecule has 0 saturated heterocycles. The van der Waals surface area contributed by atoms with Crippen molar-refractivity contribution in [2.24, 2.45) is 0 Å². The van der Waals surface area contributed by atoms with Gasteiger partial charge < -0.3 is 5.32 Å². The van der Waals surface area contributed by atoms with Crippen LogP contribution in [0.15, 0.2) is 46.8 Å². The second kappa shape index (κ2) is 7.83. The molecule has 0 aliphatic carbocycles. The van der Waals surface area contributed by atoms with Crippen LogP contribution in [0.2, 0.25) is 5.02 Å². The molecule has 1 aromatic heterocycles. The monoisotopic (exact) mass is 381 g/mol. The van der Waals surface area contributed by atoms with E-state index < -0.39 is 0 Å². The Morgan fingerprint density at radius 3 is 2.88 bits per heavy atom. The van der Waals surface area contributed by atoms with Gasteiger partial charge in [0, 0.05) is 29.1 Å². The molecule has 3 rings (SSSR count). The van der Waals surface area contributed by atoms with Gasteiger partial charge in [-0.25, -0.2) is 14.2 Å². The highest BCUT2D eigenvalue weighted by atomic mass is 35.5. The van der Waals surface area contributed by atoms with Crippen LogP contribution in [0.3, 0.4) is 0 Å². The van der Waals surface area contributed by atoms with Crippen molar-refractivity contribution >= 4 is 51.1 Å². The molecule has 124 valence electrons. The summed E-state index contributed by atoms with van der Waals surface area (Å²) >= 11 is 8.60. The first-order chi connectivity index (χ1) is 11.6. The number of fused-ring (bicyclic) bond motifs is 1. The molecule has 3 aromatic rings. The summed E-state index contributed by atoms with van der Waals surface area (Å²) in [6.45, 7) is 0.285. The number of urea groups is 1. The SMILES string of the molecule is O=C(NCCc1c(F)cccc1Cl)NSc1nc2ccccc2s1. The second-order valence-electron chi connectivity index (χ2n) is 4.86. The number of nitrogens with zero attached hydrogens (tertiary/aromatic N) is 1. The number of halogens is 2. The highest BCUT2D eigenvalue weighted by Gasteiger charge is 2.09. The summed E-state index contributed by atoms with van der Waals surface area (Å²) in [5.74, 6) is -0.367. The molecule has 8 heteroatoms. The summed E-state index contributed by atoms with van der Waals surface area (Å²) in [7, 11) is 0. The number of hydrogen-bond acceptors (Lipinski definition) is 4. The molecule has 0 unspecified atom stereocenters. The predicted octanol–water partition coefficient (Wildman–Crippen LogP) is 4.64. The van der Waals surface area contributed by atoms with E-state index in [2.05, 4.69) is 15.0 Å². The number of thiazole rings is 1. The van der Waals surface area contributed by atoms with Crippen LogP contribution in [0.1, 0.15) is 5.56 Å². The third kappa shape index (κ3) is 4.17. The number of aromatic nitrogens is 1. The van der Waals surface area contributed by atoms with Crippen molar-refractivity contribution < 1.29 is 9.18 Å². The Bertz CT molecular complexity index is 818. The fourth-order valence-corrected chi connectivity index (χ4v) is 4.00. The minimum atomic E-state index is -0.367. The predicted molar refractivity (Wildman–Crippen MR) is 97.1 cm³/mol. The van der Waals surface area contributed by atoms with Crippen LogP contribution < -0.4 is 10.0 Å². The van der Waals surface area contributed by atoms with Crippen molar-refractivity contribution in [3.63, 3.8) is 0 Å². The van der Waals surface area contributed by atoms with Crippen molar-refractivity contribution in [2.45, 2.75) is 10.8 Å². The molecule has 0 saturated carbocycles. The molecule has 2 amide bonds. The Kier molecular flexibility index (Phi) is 5.55. The highest BCUT2D eigenvalue weighted by molar-refractivity contribution is 7.99. The Morgan fingerprint density at radius 1 is 1.25 bits per heavy atom. The van der Waals surface area contributed by atoms with E-state index in [0.717, 1.165) is 26.5 Å². The van der Waals surface area contributed by atoms with Crippen LogP contribution in [0.5, 0.6) is 0 Å². The molecule has 0 aliphatic heterocycles. The van der Waals surface area contributed by atoms with Crippen LogP contribution in [-0.2, 0) is 6.42 Å². The number of para-hydroxylation sites is 1. The molecule has 4 nitrogen and oxygen atoms in total. The van der Waals surface area contributed by atoms with Gasteiger partial charge >= 0.3 is 6.03 Å². The minimum Gasteiger partial charge on any atom is -0.337 e. The van der Waals surface area contributed by atoms with Crippen LogP contribution in [0.4, 0.5) is 9.18 Å². The average molecular weight is 382 g/mol. The van der Waals surface area contributed by atoms with E-state index in [-0.39, 0.29) is 18.4 Å². The number of nitrogens with one attached hydrogen (secondary N) is 2. The third-order valence-electron chi connectivity index (χ3n) is 3.23. The Morgan fingerprint density at radius 2 is 2.08 bits per heavy atom. The van der Waals surface area contributed by atoms with E-state index in [9.17, 15) is 9.18 Å². The van der Waals surface area contributed by atoms with Crippen molar-refractivity contribution in [1.29, 1.82) is 0 Å². The standard InChI is InChI=1S/C16H13ClFN3OS2/c17-11-4-3-5-12(18)10(11)8-9-19-15(22)21-24-16-20-13-6-1-2-7-14(13)23-16/h1-7H,8-9H2,(H2,19,21,22). The van der Waals surface area contributed by atoms with Gasteiger partial charge in [-0.15, -0.1) is 11.3 Å². The number of hydrogen-bond donors (Lipinski definition) is 2. The van der Waals surface area contributed by atoms with Crippen molar-refractivity contribution in [1.82, 2.24) is 15.0 Å². The van der Waals surface area contributed by atoms with Crippen molar-refractivity contribution in [3.05, 3.63) is 58.9 Å². The van der Waals surface area contributed by atoms with Crippen LogP contribution in [-0.4, -0.2) is 17.6 Å². The molecular formula is C16H13ClFN3OS2. The second-order valence-corrected chi connectivity index (χ2v) is 7.35. The topological polar surface area (TPSA) is 54.0 Å². The fraction of sp³-hybridized carbons (Fsp3) is 0.125. The fourth-order valence-electron chi connectivity index (χ4n) is 2.09. The summed E-state index contributed by atoms with van der Waals surface area (Å²) < 4.78 is 18.1. The summed E-state index contributed by atoms with van der Waals surface area (Å²) in [6.07, 6.45) is 0.324. The maximum absolute atomic E-state index is 13.6. The number of carbonyl (C=O) groups is 1. The van der Waals surface area contributed by atoms with Gasteiger partial charge in [0.05, 0.1) is 10.2 Å². The Balaban J connectivity index is 1.47. The number of benzene rings is 2. The largest absolute Gasteiger partial charge is 0.337 e. The summed E-state index contributed by atoms with van der Waals surface area (Å²) in [5, 5.41) is 3.03. The lowest BCUT2D eigenvalue weighted by Crippen LogP contribution is -2.32. The number of amides is 2. The maximum Gasteiger partial charge on any atom is 0.325 e. The van der Waals surface area contributed by atoms with Gasteiger partial charge in [0.2, 0.25) is 0 Å². The van der Waals surface area contributed by atoms with Gasteiger partial charge in [-0.2, -0.15) is 0 Å². The smallest absolute Gasteiger partial charge is 0.325 e. The molecule has 24 heavy (non-hydrogen) atoms. The lowest BCUT2D eigenvalue weighted by Gasteiger charge is -2.07. The third-order valence-corrected chi connectivity index (χ3v) is 5.47. The van der Waals surface area contributed by atoms with Crippen molar-refractivity contribution in [3.8, 4) is 0 Å². The van der Waals surface area contributed by atoms with E-state index >= 15 is 0 Å². The quantitative estimate of drug-likeness (QED) is 0.633. The van der Waals surface area contributed by atoms with Crippen LogP contribution >= 0.6 is 34.9 Å². The van der Waals surface area contributed by atoms with E-state index in [1.807, 2.05) is 24.3 Å². The first-order valence-corrected chi connectivity index (χ1v) is 9.14. The van der Waals surface area contributed by atoms with Gasteiger partial charge in [-0.3, -0.25) is 4.72 Å². The molecule has 0 radical (unpaired) electrons. The molecule has 0 atom stereocenters. The normalized spacial score (nSPS) is 10.8. The zero-order chi connectivity index (χ0) is 16.9. The minimum absolute atomic E-state index is 0.285. The van der Waals surface area contributed by atoms with Crippen LogP contribution in [0, 0.1) is 5.82 Å². The van der Waals surface area contributed by atoms with Gasteiger partial charge in [-0.05, 0) is 30.7 Å². The number of carbonyl (C=O) groups excluding carboxylic acids is 1. The lowest BCUT2D eigenvalue weighted by molar-refractivity contribution is 0.246. The zero-order valence-electron chi connectivity index (χ0n) is 12.4. The molecule has 1 heterocycles. The van der Waals surface area contributed by atoms with Gasteiger partial charge in [0.1, 0.15) is 5.82 Å². The van der Waals surface area contributed by atoms with Crippen LogP contribution in [0.25, 0.3) is 10.2 Å². The molecule has 0 bridgehead atoms. The average Bonchev–Trinajstić information content (AvgIpc) is 2.98. The first-order valence-electron chi connectivity index (χ1n) is 7.12. The maximum atomic E-state index is 13.6. The molecule has 0 spiro atoms. The van der Waals surface area contributed by atoms with Gasteiger partial charge in [-0.1, -0.05) is 29.8 Å². The molecule has 0 aliphatic rings. The summed E-state index contributed by atoms with van der Waals surface area (Å²) in [5.41, 5.74) is 1.31. The number of rotatable bonds is 5. The van der Waals surface area contributed by atoms with Gasteiger partial charge in [0.15, 0.2) is 4.34 Å². The molecule has 2 aromatic carbocycles. The van der Waals surface area contributed by atoms with Gasteiger partial charge in [0.25, 0.3) is 0 Å². The van der Waals surface area contributed by atoms with E-state index in [0.29, 0.717) is 17.0 Å².